The number of Topliss-reactive ketones (excluding diaryl/α,β-unsaturated/α-hetero) is 1. The molecule has 3 heterocycles. The number of carbonyl (C=O) groups excluding carboxylic acids is 2. The molecule has 0 amide bonds. The molecule has 1 aliphatic rings. The number of fused-ring (bicyclic) bond motifs is 2. The van der Waals surface area contributed by atoms with Gasteiger partial charge in [0.15, 0.2) is 5.76 Å². The van der Waals surface area contributed by atoms with Crippen LogP contribution >= 0.6 is 0 Å². The number of aryl methyl sites for hydroxylation is 2. The van der Waals surface area contributed by atoms with Gasteiger partial charge in [-0.15, -0.1) is 0 Å². The third kappa shape index (κ3) is 3.78. The smallest absolute Gasteiger partial charge is 0.347 e. The Morgan fingerprint density at radius 2 is 1.82 bits per heavy atom. The molecule has 2 aromatic heterocycles. The first-order valence-electron chi connectivity index (χ1n) is 10.5. The summed E-state index contributed by atoms with van der Waals surface area (Å²) in [6, 6.07) is 13.5. The van der Waals surface area contributed by atoms with Crippen molar-refractivity contribution < 1.29 is 32.6 Å². The predicted octanol–water partition coefficient (Wildman–Crippen LogP) is 5.88. The van der Waals surface area contributed by atoms with Gasteiger partial charge in [-0.3, -0.25) is 4.79 Å². The molecule has 5 rings (SSSR count). The minimum Gasteiger partial charge on any atom is -0.494 e. The van der Waals surface area contributed by atoms with E-state index in [1.54, 1.807) is 49.4 Å². The zero-order valence-corrected chi connectivity index (χ0v) is 18.3. The van der Waals surface area contributed by atoms with Crippen molar-refractivity contribution in [2.75, 3.05) is 6.61 Å². The second-order valence-corrected chi connectivity index (χ2v) is 7.56. The van der Waals surface area contributed by atoms with Gasteiger partial charge in [0.1, 0.15) is 45.7 Å². The molecule has 166 valence electrons. The van der Waals surface area contributed by atoms with Gasteiger partial charge in [-0.1, -0.05) is 0 Å². The largest absolute Gasteiger partial charge is 0.494 e. The molecule has 0 bridgehead atoms. The standard InChI is InChI=1S/C26H20O7/c1-4-29-16-8-10-21-20(11-16)24(15(3)31-21)26(28)32-18-7-9-19-22(12-18)33-23(25(19)27)13-17-6-5-14(2)30-17/h5-13H,4H2,1-3H3. The molecule has 0 N–H and O–H groups in total. The molecule has 0 spiro atoms. The molecule has 0 aliphatic carbocycles. The van der Waals surface area contributed by atoms with E-state index in [-0.39, 0.29) is 17.3 Å². The Kier molecular flexibility index (Phi) is 5.01. The fourth-order valence-electron chi connectivity index (χ4n) is 3.76. The maximum atomic E-state index is 13.0. The number of hydrogen-bond donors (Lipinski definition) is 0. The van der Waals surface area contributed by atoms with Crippen LogP contribution in [0.15, 0.2) is 63.1 Å². The van der Waals surface area contributed by atoms with Gasteiger partial charge in [-0.05, 0) is 63.2 Å². The van der Waals surface area contributed by atoms with Crippen molar-refractivity contribution in [3.05, 3.63) is 82.7 Å². The molecule has 0 fully saturated rings. The molecular weight excluding hydrogens is 424 g/mol. The Morgan fingerprint density at radius 3 is 2.58 bits per heavy atom. The highest BCUT2D eigenvalue weighted by molar-refractivity contribution is 6.14. The van der Waals surface area contributed by atoms with Crippen LogP contribution in [-0.4, -0.2) is 18.4 Å². The summed E-state index contributed by atoms with van der Waals surface area (Å²) in [4.78, 5) is 25.6. The van der Waals surface area contributed by atoms with Gasteiger partial charge in [0.2, 0.25) is 5.78 Å². The number of rotatable bonds is 5. The normalized spacial score (nSPS) is 13.9. The fraction of sp³-hybridized carbons (Fsp3) is 0.154. The van der Waals surface area contributed by atoms with Crippen molar-refractivity contribution in [2.24, 2.45) is 0 Å². The number of furan rings is 2. The molecule has 7 heteroatoms. The Labute approximate surface area is 189 Å². The van der Waals surface area contributed by atoms with E-state index in [1.165, 1.54) is 12.1 Å². The van der Waals surface area contributed by atoms with Gasteiger partial charge in [-0.2, -0.15) is 0 Å². The minimum atomic E-state index is -0.578. The van der Waals surface area contributed by atoms with E-state index in [0.717, 1.165) is 5.76 Å². The zero-order chi connectivity index (χ0) is 23.1. The van der Waals surface area contributed by atoms with Crippen LogP contribution in [0.2, 0.25) is 0 Å². The number of ether oxygens (including phenoxy) is 3. The number of ketones is 1. The number of allylic oxidation sites excluding steroid dienone is 1. The number of hydrogen-bond acceptors (Lipinski definition) is 7. The monoisotopic (exact) mass is 444 g/mol. The third-order valence-electron chi connectivity index (χ3n) is 5.24. The maximum absolute atomic E-state index is 13.0. The SMILES string of the molecule is CCOc1ccc2oc(C)c(C(=O)Oc3ccc4c(c3)OC(=Cc3ccc(C)o3)C4=O)c2c1. The lowest BCUT2D eigenvalue weighted by molar-refractivity contribution is 0.0734. The number of benzene rings is 2. The third-order valence-corrected chi connectivity index (χ3v) is 5.24. The Balaban J connectivity index is 1.41. The van der Waals surface area contributed by atoms with Crippen LogP contribution in [-0.2, 0) is 0 Å². The quantitative estimate of drug-likeness (QED) is 0.216. The van der Waals surface area contributed by atoms with E-state index < -0.39 is 5.97 Å². The second kappa shape index (κ2) is 8.02. The van der Waals surface area contributed by atoms with Crippen molar-refractivity contribution in [2.45, 2.75) is 20.8 Å². The molecule has 0 atom stereocenters. The first-order valence-corrected chi connectivity index (χ1v) is 10.5. The summed E-state index contributed by atoms with van der Waals surface area (Å²) in [7, 11) is 0. The molecular formula is C26H20O7. The maximum Gasteiger partial charge on any atom is 0.347 e. The Morgan fingerprint density at radius 1 is 1.00 bits per heavy atom. The molecule has 4 aromatic rings. The van der Waals surface area contributed by atoms with Crippen molar-refractivity contribution in [3.8, 4) is 17.2 Å². The van der Waals surface area contributed by atoms with Gasteiger partial charge in [0.25, 0.3) is 0 Å². The van der Waals surface area contributed by atoms with Gasteiger partial charge in [0, 0.05) is 17.5 Å². The first kappa shape index (κ1) is 20.6. The molecule has 0 saturated heterocycles. The molecule has 33 heavy (non-hydrogen) atoms. The lowest BCUT2D eigenvalue weighted by Gasteiger charge is -2.06. The lowest BCUT2D eigenvalue weighted by atomic mass is 10.1. The fourth-order valence-corrected chi connectivity index (χ4v) is 3.76. The Hall–Kier alpha value is -4.26. The van der Waals surface area contributed by atoms with Crippen molar-refractivity contribution in [1.82, 2.24) is 0 Å². The summed E-state index contributed by atoms with van der Waals surface area (Å²) in [5, 5.41) is 0.606. The first-order chi connectivity index (χ1) is 15.9. The van der Waals surface area contributed by atoms with Gasteiger partial charge in [0.05, 0.1) is 12.2 Å². The van der Waals surface area contributed by atoms with Gasteiger partial charge in [-0.25, -0.2) is 4.79 Å². The van der Waals surface area contributed by atoms with Crippen molar-refractivity contribution >= 4 is 28.8 Å². The summed E-state index contributed by atoms with van der Waals surface area (Å²) in [5.74, 6) is 2.18. The molecule has 1 aliphatic heterocycles. The zero-order valence-electron chi connectivity index (χ0n) is 18.3. The highest BCUT2D eigenvalue weighted by Gasteiger charge is 2.29. The van der Waals surface area contributed by atoms with Crippen LogP contribution in [0.4, 0.5) is 0 Å². The molecule has 0 saturated carbocycles. The lowest BCUT2D eigenvalue weighted by Crippen LogP contribution is -2.09. The molecule has 2 aromatic carbocycles. The minimum absolute atomic E-state index is 0.142. The van der Waals surface area contributed by atoms with Crippen LogP contribution in [0.1, 0.15) is 44.9 Å². The van der Waals surface area contributed by atoms with Crippen LogP contribution in [0.5, 0.6) is 17.2 Å². The summed E-state index contributed by atoms with van der Waals surface area (Å²) in [5.41, 5.74) is 1.27. The topological polar surface area (TPSA) is 88.1 Å². The molecule has 0 radical (unpaired) electrons. The van der Waals surface area contributed by atoms with Gasteiger partial charge >= 0.3 is 5.97 Å². The van der Waals surface area contributed by atoms with E-state index in [9.17, 15) is 9.59 Å². The summed E-state index contributed by atoms with van der Waals surface area (Å²) in [6.07, 6.45) is 1.54. The van der Waals surface area contributed by atoms with Crippen LogP contribution in [0.25, 0.3) is 17.0 Å². The van der Waals surface area contributed by atoms with Crippen molar-refractivity contribution in [1.29, 1.82) is 0 Å². The van der Waals surface area contributed by atoms with Crippen LogP contribution < -0.4 is 14.2 Å². The summed E-state index contributed by atoms with van der Waals surface area (Å²) in [6.45, 7) is 5.91. The van der Waals surface area contributed by atoms with E-state index in [1.807, 2.05) is 13.8 Å². The average molecular weight is 444 g/mol. The van der Waals surface area contributed by atoms with Crippen molar-refractivity contribution in [3.63, 3.8) is 0 Å². The highest BCUT2D eigenvalue weighted by atomic mass is 16.5. The van der Waals surface area contributed by atoms with Gasteiger partial charge < -0.3 is 23.0 Å². The van der Waals surface area contributed by atoms with Crippen LogP contribution in [0.3, 0.4) is 0 Å². The number of esters is 1. The number of carbonyl (C=O) groups is 2. The van der Waals surface area contributed by atoms with E-state index in [4.69, 9.17) is 23.0 Å². The molecule has 7 nitrogen and oxygen atoms in total. The van der Waals surface area contributed by atoms with E-state index in [2.05, 4.69) is 0 Å². The molecule has 0 unspecified atom stereocenters. The van der Waals surface area contributed by atoms with E-state index in [0.29, 0.717) is 51.7 Å². The Bertz CT molecular complexity index is 1430. The second-order valence-electron chi connectivity index (χ2n) is 7.56. The highest BCUT2D eigenvalue weighted by Crippen LogP contribution is 2.36. The summed E-state index contributed by atoms with van der Waals surface area (Å²) < 4.78 is 28.0. The van der Waals surface area contributed by atoms with E-state index >= 15 is 0 Å². The summed E-state index contributed by atoms with van der Waals surface area (Å²) >= 11 is 0. The van der Waals surface area contributed by atoms with Crippen LogP contribution in [0, 0.1) is 13.8 Å². The average Bonchev–Trinajstić information content (AvgIpc) is 3.43. The predicted molar refractivity (Wildman–Crippen MR) is 120 cm³/mol.